The largest absolute Gasteiger partial charge is 0.379 e. The van der Waals surface area contributed by atoms with E-state index < -0.39 is 0 Å². The first-order valence-electron chi connectivity index (χ1n) is 10.3. The van der Waals surface area contributed by atoms with Crippen LogP contribution in [0.1, 0.15) is 19.5 Å². The molecule has 0 atom stereocenters. The summed E-state index contributed by atoms with van der Waals surface area (Å²) >= 11 is 0. The second kappa shape index (κ2) is 7.71. The summed E-state index contributed by atoms with van der Waals surface area (Å²) in [5.74, 6) is 0.705. The molecule has 1 aromatic carbocycles. The fraction of sp³-hybridized carbons (Fsp3) is 0.381. The number of hydrogen-bond acceptors (Lipinski definition) is 7. The van der Waals surface area contributed by atoms with Crippen LogP contribution >= 0.6 is 0 Å². The fourth-order valence-electron chi connectivity index (χ4n) is 4.07. The molecule has 4 heterocycles. The number of H-pyrrole nitrogens is 3. The van der Waals surface area contributed by atoms with Crippen molar-refractivity contribution in [1.82, 2.24) is 40.0 Å². The molecule has 3 aromatic heterocycles. The van der Waals surface area contributed by atoms with Gasteiger partial charge in [0.2, 0.25) is 0 Å². The van der Waals surface area contributed by atoms with E-state index >= 15 is 0 Å². The van der Waals surface area contributed by atoms with Crippen molar-refractivity contribution >= 4 is 11.3 Å². The van der Waals surface area contributed by atoms with Crippen LogP contribution in [0.4, 0.5) is 0 Å². The number of benzene rings is 1. The summed E-state index contributed by atoms with van der Waals surface area (Å²) in [6.07, 6.45) is 2.17. The van der Waals surface area contributed by atoms with Crippen molar-refractivity contribution in [3.63, 3.8) is 0 Å². The lowest BCUT2D eigenvalue weighted by atomic mass is 9.93. The Labute approximate surface area is 178 Å². The van der Waals surface area contributed by atoms with Crippen LogP contribution < -0.4 is 5.69 Å². The number of hydrogen-bond donors (Lipinski definition) is 3. The van der Waals surface area contributed by atoms with Gasteiger partial charge in [-0.3, -0.25) is 20.0 Å². The van der Waals surface area contributed by atoms with Gasteiger partial charge in [0.05, 0.1) is 24.6 Å². The predicted molar refractivity (Wildman–Crippen MR) is 115 cm³/mol. The summed E-state index contributed by atoms with van der Waals surface area (Å²) in [4.78, 5) is 33.4. The molecule has 1 aliphatic rings. The summed E-state index contributed by atoms with van der Waals surface area (Å²) < 4.78 is 5.51. The number of morpholine rings is 1. The third kappa shape index (κ3) is 3.87. The molecule has 0 bridgehead atoms. The van der Waals surface area contributed by atoms with Crippen molar-refractivity contribution in [3.05, 3.63) is 46.8 Å². The van der Waals surface area contributed by atoms with E-state index in [9.17, 15) is 4.79 Å². The zero-order chi connectivity index (χ0) is 21.4. The average molecular weight is 420 g/mol. The normalized spacial score (nSPS) is 15.5. The minimum Gasteiger partial charge on any atom is -0.379 e. The zero-order valence-corrected chi connectivity index (χ0v) is 17.5. The highest BCUT2D eigenvalue weighted by atomic mass is 16.5. The Balaban J connectivity index is 1.55. The van der Waals surface area contributed by atoms with Crippen LogP contribution in [0.5, 0.6) is 0 Å². The van der Waals surface area contributed by atoms with Gasteiger partial charge in [0, 0.05) is 36.2 Å². The van der Waals surface area contributed by atoms with Crippen LogP contribution in [-0.4, -0.2) is 71.9 Å². The van der Waals surface area contributed by atoms with E-state index in [1.807, 2.05) is 24.3 Å². The molecule has 1 aliphatic heterocycles. The second-order valence-electron chi connectivity index (χ2n) is 8.30. The molecule has 3 N–H and O–H groups in total. The molecule has 160 valence electrons. The van der Waals surface area contributed by atoms with E-state index in [-0.39, 0.29) is 11.2 Å². The highest BCUT2D eigenvalue weighted by Crippen LogP contribution is 2.29. The lowest BCUT2D eigenvalue weighted by molar-refractivity contribution is -0.0101. The van der Waals surface area contributed by atoms with Crippen molar-refractivity contribution < 1.29 is 4.74 Å². The average Bonchev–Trinajstić information content (AvgIpc) is 3.43. The molecule has 10 nitrogen and oxygen atoms in total. The summed E-state index contributed by atoms with van der Waals surface area (Å²) in [5.41, 5.74) is 3.92. The van der Waals surface area contributed by atoms with Crippen molar-refractivity contribution in [2.45, 2.75) is 25.8 Å². The van der Waals surface area contributed by atoms with Gasteiger partial charge in [-0.25, -0.2) is 19.7 Å². The van der Waals surface area contributed by atoms with E-state index in [0.29, 0.717) is 23.5 Å². The van der Waals surface area contributed by atoms with E-state index in [0.717, 1.165) is 48.8 Å². The highest BCUT2D eigenvalue weighted by molar-refractivity contribution is 5.73. The van der Waals surface area contributed by atoms with Crippen LogP contribution in [0, 0.1) is 0 Å². The number of nitrogens with zero attached hydrogens (tertiary/aromatic N) is 5. The van der Waals surface area contributed by atoms with Crippen molar-refractivity contribution in [3.8, 4) is 22.6 Å². The highest BCUT2D eigenvalue weighted by Gasteiger charge is 2.30. The molecule has 0 aliphatic carbocycles. The lowest BCUT2D eigenvalue weighted by Crippen LogP contribution is -2.51. The molecule has 1 fully saturated rings. The number of imidazole rings is 1. The van der Waals surface area contributed by atoms with Crippen molar-refractivity contribution in [1.29, 1.82) is 0 Å². The Kier molecular flexibility index (Phi) is 4.87. The van der Waals surface area contributed by atoms with Crippen molar-refractivity contribution in [2.75, 3.05) is 26.3 Å². The van der Waals surface area contributed by atoms with Crippen LogP contribution in [0.2, 0.25) is 0 Å². The Bertz CT molecular complexity index is 1230. The van der Waals surface area contributed by atoms with Gasteiger partial charge in [-0.05, 0) is 13.8 Å². The number of fused-ring (bicyclic) bond motifs is 1. The Morgan fingerprint density at radius 1 is 1.03 bits per heavy atom. The van der Waals surface area contributed by atoms with Crippen LogP contribution in [-0.2, 0) is 11.2 Å². The van der Waals surface area contributed by atoms with E-state index in [1.54, 1.807) is 0 Å². The molecule has 31 heavy (non-hydrogen) atoms. The molecule has 0 spiro atoms. The number of rotatable bonds is 5. The third-order valence-corrected chi connectivity index (χ3v) is 5.75. The molecule has 5 rings (SSSR count). The minimum absolute atomic E-state index is 0.142. The zero-order valence-electron chi connectivity index (χ0n) is 17.5. The Morgan fingerprint density at radius 3 is 2.39 bits per heavy atom. The third-order valence-electron chi connectivity index (χ3n) is 5.75. The first-order chi connectivity index (χ1) is 15.0. The van der Waals surface area contributed by atoms with Gasteiger partial charge in [-0.1, -0.05) is 24.3 Å². The standard InChI is InChI=1S/C21H24N8O2/c1-21(2,29-7-9-31-10-8-29)11-15-16(25-19-18(24-15)26-20(30)27-19)13-3-5-14(6-4-13)17-22-12-23-28-17/h3-6,12H,7-11H2,1-2H3,(H,22,23,28)(H2,24,25,26,27,30). The number of aromatic nitrogens is 7. The second-order valence-corrected chi connectivity index (χ2v) is 8.30. The monoisotopic (exact) mass is 420 g/mol. The van der Waals surface area contributed by atoms with Crippen molar-refractivity contribution in [2.24, 2.45) is 0 Å². The maximum absolute atomic E-state index is 11.8. The number of nitrogens with one attached hydrogen (secondary N) is 3. The molecule has 0 saturated carbocycles. The molecule has 4 aromatic rings. The maximum atomic E-state index is 11.8. The summed E-state index contributed by atoms with van der Waals surface area (Å²) in [6.45, 7) is 7.64. The van der Waals surface area contributed by atoms with Crippen LogP contribution in [0.25, 0.3) is 33.9 Å². The fourth-order valence-corrected chi connectivity index (χ4v) is 4.07. The Hall–Kier alpha value is -3.37. The van der Waals surface area contributed by atoms with E-state index in [1.165, 1.54) is 6.33 Å². The van der Waals surface area contributed by atoms with Gasteiger partial charge < -0.3 is 4.74 Å². The Morgan fingerprint density at radius 2 is 1.71 bits per heavy atom. The first kappa shape index (κ1) is 19.6. The number of aromatic amines is 3. The number of ether oxygens (including phenoxy) is 1. The molecular weight excluding hydrogens is 396 g/mol. The summed E-state index contributed by atoms with van der Waals surface area (Å²) in [7, 11) is 0. The topological polar surface area (TPSA) is 128 Å². The summed E-state index contributed by atoms with van der Waals surface area (Å²) in [6, 6.07) is 7.92. The quantitative estimate of drug-likeness (QED) is 0.449. The molecule has 10 heteroatoms. The SMILES string of the molecule is CC(C)(Cc1nc2[nH]c(=O)[nH]c2nc1-c1ccc(-c2ncn[nH]2)cc1)N1CCOCC1. The lowest BCUT2D eigenvalue weighted by Gasteiger charge is -2.40. The van der Waals surface area contributed by atoms with Gasteiger partial charge in [-0.2, -0.15) is 5.10 Å². The predicted octanol–water partition coefficient (Wildman–Crippen LogP) is 1.75. The molecule has 0 amide bonds. The smallest absolute Gasteiger partial charge is 0.326 e. The van der Waals surface area contributed by atoms with Gasteiger partial charge in [0.15, 0.2) is 17.1 Å². The van der Waals surface area contributed by atoms with Crippen LogP contribution in [0.3, 0.4) is 0 Å². The maximum Gasteiger partial charge on any atom is 0.326 e. The summed E-state index contributed by atoms with van der Waals surface area (Å²) in [5, 5.41) is 6.77. The first-order valence-corrected chi connectivity index (χ1v) is 10.3. The molecular formula is C21H24N8O2. The molecule has 0 radical (unpaired) electrons. The minimum atomic E-state index is -0.314. The molecule has 1 saturated heterocycles. The molecule has 0 unspecified atom stereocenters. The van der Waals surface area contributed by atoms with Gasteiger partial charge in [-0.15, -0.1) is 0 Å². The van der Waals surface area contributed by atoms with E-state index in [2.05, 4.69) is 43.9 Å². The van der Waals surface area contributed by atoms with Gasteiger partial charge >= 0.3 is 5.69 Å². The van der Waals surface area contributed by atoms with Crippen LogP contribution in [0.15, 0.2) is 35.4 Å². The van der Waals surface area contributed by atoms with Gasteiger partial charge in [0.1, 0.15) is 6.33 Å². The van der Waals surface area contributed by atoms with Gasteiger partial charge in [0.25, 0.3) is 0 Å². The van der Waals surface area contributed by atoms with E-state index in [4.69, 9.17) is 14.7 Å².